The highest BCUT2D eigenvalue weighted by molar-refractivity contribution is 6.83. The Morgan fingerprint density at radius 2 is 1.83 bits per heavy atom. The van der Waals surface area contributed by atoms with Crippen LogP contribution in [0, 0.1) is 11.5 Å². The third-order valence-electron chi connectivity index (χ3n) is 4.14. The summed E-state index contributed by atoms with van der Waals surface area (Å²) in [6.07, 6.45) is 4.40. The molecule has 1 atom stereocenters. The van der Waals surface area contributed by atoms with Gasteiger partial charge < -0.3 is 9.64 Å². The number of ether oxygens (including phenoxy) is 1. The van der Waals surface area contributed by atoms with Gasteiger partial charge in [0.2, 0.25) is 0 Å². The minimum absolute atomic E-state index is 0.189. The molecule has 134 valence electrons. The van der Waals surface area contributed by atoms with E-state index in [-0.39, 0.29) is 6.09 Å². The van der Waals surface area contributed by atoms with E-state index >= 15 is 0 Å². The van der Waals surface area contributed by atoms with Crippen molar-refractivity contribution in [2.45, 2.75) is 64.9 Å². The summed E-state index contributed by atoms with van der Waals surface area (Å²) in [4.78, 5) is 16.4. The number of piperazine rings is 1. The van der Waals surface area contributed by atoms with Gasteiger partial charge in [0.15, 0.2) is 0 Å². The lowest BCUT2D eigenvalue weighted by Gasteiger charge is -2.37. The van der Waals surface area contributed by atoms with E-state index in [9.17, 15) is 4.79 Å². The molecule has 2 rings (SSSR count). The van der Waals surface area contributed by atoms with Crippen LogP contribution in [0.5, 0.6) is 0 Å². The van der Waals surface area contributed by atoms with E-state index in [2.05, 4.69) is 42.1 Å². The Morgan fingerprint density at radius 1 is 1.21 bits per heavy atom. The van der Waals surface area contributed by atoms with E-state index in [0.29, 0.717) is 6.04 Å². The van der Waals surface area contributed by atoms with Crippen LogP contribution in [0.2, 0.25) is 19.6 Å². The molecule has 1 fully saturated rings. The molecule has 0 aromatic carbocycles. The van der Waals surface area contributed by atoms with E-state index in [1.807, 2.05) is 25.7 Å². The van der Waals surface area contributed by atoms with Crippen LogP contribution in [0.1, 0.15) is 33.6 Å². The first kappa shape index (κ1) is 19.1. The van der Waals surface area contributed by atoms with E-state index in [1.54, 1.807) is 0 Å². The molecule has 1 aliphatic heterocycles. The lowest BCUT2D eigenvalue weighted by atomic mass is 10.2. The predicted molar refractivity (Wildman–Crippen MR) is 102 cm³/mol. The molecule has 0 N–H and O–H groups in total. The summed E-state index contributed by atoms with van der Waals surface area (Å²) >= 11 is 0. The number of carbonyl (C=O) groups is 1. The Morgan fingerprint density at radius 3 is 2.38 bits per heavy atom. The van der Waals surface area contributed by atoms with Crippen LogP contribution in [-0.2, 0) is 4.74 Å². The number of hydrogen-bond acceptors (Lipinski definition) is 3. The van der Waals surface area contributed by atoms with E-state index in [0.717, 1.165) is 39.0 Å². The topological polar surface area (TPSA) is 32.8 Å². The summed E-state index contributed by atoms with van der Waals surface area (Å²) in [6.45, 7) is 15.9. The first-order chi connectivity index (χ1) is 11.0. The van der Waals surface area contributed by atoms with Crippen LogP contribution < -0.4 is 0 Å². The van der Waals surface area contributed by atoms with Gasteiger partial charge in [-0.25, -0.2) is 4.79 Å². The maximum atomic E-state index is 12.1. The second kappa shape index (κ2) is 7.33. The first-order valence-corrected chi connectivity index (χ1v) is 12.5. The zero-order chi connectivity index (χ0) is 18.0. The number of allylic oxidation sites excluding steroid dienone is 1. The summed E-state index contributed by atoms with van der Waals surface area (Å²) in [6, 6.07) is 0.483. The fourth-order valence-electron chi connectivity index (χ4n) is 2.92. The summed E-state index contributed by atoms with van der Waals surface area (Å²) in [5, 5.41) is 0. The lowest BCUT2D eigenvalue weighted by Crippen LogP contribution is -2.52. The van der Waals surface area contributed by atoms with Crippen molar-refractivity contribution in [2.24, 2.45) is 0 Å². The van der Waals surface area contributed by atoms with Gasteiger partial charge in [-0.15, -0.1) is 5.54 Å². The van der Waals surface area contributed by atoms with Crippen molar-refractivity contribution < 1.29 is 9.53 Å². The van der Waals surface area contributed by atoms with Gasteiger partial charge in [-0.2, -0.15) is 0 Å². The average molecular weight is 349 g/mol. The van der Waals surface area contributed by atoms with Gasteiger partial charge in [0.25, 0.3) is 0 Å². The molecule has 2 aliphatic rings. The molecule has 1 saturated heterocycles. The Hall–Kier alpha value is -1.25. The van der Waals surface area contributed by atoms with Crippen molar-refractivity contribution in [3.63, 3.8) is 0 Å². The molecule has 4 nitrogen and oxygen atoms in total. The van der Waals surface area contributed by atoms with Gasteiger partial charge in [0.05, 0.1) is 0 Å². The minimum atomic E-state index is -1.30. The second-order valence-corrected chi connectivity index (χ2v) is 13.6. The Kier molecular flexibility index (Phi) is 5.82. The number of amides is 1. The van der Waals surface area contributed by atoms with Crippen LogP contribution in [0.4, 0.5) is 4.79 Å². The van der Waals surface area contributed by atoms with Crippen molar-refractivity contribution in [1.29, 1.82) is 0 Å². The van der Waals surface area contributed by atoms with Crippen LogP contribution in [0.25, 0.3) is 0 Å². The van der Waals surface area contributed by atoms with Gasteiger partial charge in [0.1, 0.15) is 13.7 Å². The van der Waals surface area contributed by atoms with Gasteiger partial charge >= 0.3 is 6.09 Å². The molecule has 0 bridgehead atoms. The molecule has 0 saturated carbocycles. The molecule has 0 spiro atoms. The van der Waals surface area contributed by atoms with Gasteiger partial charge in [-0.05, 0) is 39.2 Å². The number of nitrogens with zero attached hydrogens (tertiary/aromatic N) is 2. The zero-order valence-corrected chi connectivity index (χ0v) is 17.1. The molecule has 0 radical (unpaired) electrons. The Balaban J connectivity index is 1.86. The third kappa shape index (κ3) is 5.99. The highest BCUT2D eigenvalue weighted by Crippen LogP contribution is 2.24. The van der Waals surface area contributed by atoms with Gasteiger partial charge in [-0.1, -0.05) is 31.6 Å². The molecule has 5 heteroatoms. The smallest absolute Gasteiger partial charge is 0.410 e. The van der Waals surface area contributed by atoms with Gasteiger partial charge in [0, 0.05) is 32.2 Å². The summed E-state index contributed by atoms with van der Waals surface area (Å²) in [5.74, 6) is 3.41. The largest absolute Gasteiger partial charge is 0.444 e. The highest BCUT2D eigenvalue weighted by Gasteiger charge is 2.29. The van der Waals surface area contributed by atoms with Crippen LogP contribution in [-0.4, -0.2) is 61.8 Å². The van der Waals surface area contributed by atoms with Crippen LogP contribution in [0.15, 0.2) is 11.6 Å². The molecule has 1 heterocycles. The van der Waals surface area contributed by atoms with Crippen molar-refractivity contribution in [3.05, 3.63) is 11.6 Å². The van der Waals surface area contributed by atoms with Crippen molar-refractivity contribution in [1.82, 2.24) is 9.80 Å². The number of hydrogen-bond donors (Lipinski definition) is 0. The normalized spacial score (nSPS) is 22.7. The van der Waals surface area contributed by atoms with E-state index < -0.39 is 13.7 Å². The highest BCUT2D eigenvalue weighted by atomic mass is 28.3. The molecular weight excluding hydrogens is 316 g/mol. The third-order valence-corrected chi connectivity index (χ3v) is 5.01. The van der Waals surface area contributed by atoms with E-state index in [1.165, 1.54) is 5.57 Å². The molecular formula is C19H32N2O2Si. The monoisotopic (exact) mass is 348 g/mol. The molecule has 0 aromatic rings. The maximum absolute atomic E-state index is 12.1. The van der Waals surface area contributed by atoms with Crippen molar-refractivity contribution in [2.75, 3.05) is 26.2 Å². The lowest BCUT2D eigenvalue weighted by molar-refractivity contribution is 0.0123. The van der Waals surface area contributed by atoms with Gasteiger partial charge in [-0.3, -0.25) is 4.90 Å². The van der Waals surface area contributed by atoms with Crippen LogP contribution in [0.3, 0.4) is 0 Å². The quantitative estimate of drug-likeness (QED) is 0.537. The minimum Gasteiger partial charge on any atom is -0.444 e. The maximum Gasteiger partial charge on any atom is 0.410 e. The number of carbonyl (C=O) groups excluding carboxylic acids is 1. The molecule has 0 unspecified atom stereocenters. The Labute approximate surface area is 148 Å². The summed E-state index contributed by atoms with van der Waals surface area (Å²) < 4.78 is 5.46. The summed E-state index contributed by atoms with van der Waals surface area (Å²) in [7, 11) is -1.30. The average Bonchev–Trinajstić information content (AvgIpc) is 2.92. The van der Waals surface area contributed by atoms with E-state index in [4.69, 9.17) is 4.74 Å². The fraction of sp³-hybridized carbons (Fsp3) is 0.737. The molecule has 1 amide bonds. The van der Waals surface area contributed by atoms with Crippen LogP contribution >= 0.6 is 0 Å². The SMILES string of the molecule is CC(C)(C)OC(=O)N1CCN([C@H]2C=C(C#C[Si](C)(C)C)CC2)CC1. The molecule has 1 aliphatic carbocycles. The standard InChI is InChI=1S/C19H32N2O2Si/c1-19(2,3)23-18(22)21-12-10-20(11-13-21)17-8-7-16(15-17)9-14-24(4,5)6/h15,17H,7-8,10-13H2,1-6H3/t17-/m1/s1. The fourth-order valence-corrected chi connectivity index (χ4v) is 3.46. The van der Waals surface area contributed by atoms with Crippen molar-refractivity contribution in [3.8, 4) is 11.5 Å². The molecule has 24 heavy (non-hydrogen) atoms. The summed E-state index contributed by atoms with van der Waals surface area (Å²) in [5.41, 5.74) is 4.34. The zero-order valence-electron chi connectivity index (χ0n) is 16.1. The van der Waals surface area contributed by atoms with Crippen molar-refractivity contribution >= 4 is 14.2 Å². The second-order valence-electron chi connectivity index (χ2n) is 8.80. The predicted octanol–water partition coefficient (Wildman–Crippen LogP) is 3.51. The Bertz CT molecular complexity index is 553. The molecule has 0 aromatic heterocycles. The first-order valence-electron chi connectivity index (χ1n) is 8.99. The number of rotatable bonds is 1.